The molecule has 1 heterocycles. The minimum absolute atomic E-state index is 0.132. The van der Waals surface area contributed by atoms with E-state index in [1.54, 1.807) is 24.3 Å². The number of thiocarbonyl (C=S) groups is 1. The van der Waals surface area contributed by atoms with E-state index in [9.17, 15) is 4.79 Å². The van der Waals surface area contributed by atoms with Crippen LogP contribution in [0.15, 0.2) is 77.7 Å². The van der Waals surface area contributed by atoms with Crippen LogP contribution in [0, 0.1) is 6.92 Å². The highest BCUT2D eigenvalue weighted by molar-refractivity contribution is 8.27. The van der Waals surface area contributed by atoms with Crippen LogP contribution in [0.5, 0.6) is 5.75 Å². The van der Waals surface area contributed by atoms with Crippen LogP contribution < -0.4 is 9.64 Å². The summed E-state index contributed by atoms with van der Waals surface area (Å²) < 4.78 is 6.35. The van der Waals surface area contributed by atoms with Crippen molar-refractivity contribution < 1.29 is 9.53 Å². The number of thioether (sulfide) groups is 1. The van der Waals surface area contributed by atoms with Gasteiger partial charge in [-0.05, 0) is 60.5 Å². The Hall–Kier alpha value is -2.60. The highest BCUT2D eigenvalue weighted by atomic mass is 35.5. The molecule has 1 saturated heterocycles. The number of hydrogen-bond donors (Lipinski definition) is 0. The Balaban J connectivity index is 1.44. The molecule has 4 rings (SSSR count). The highest BCUT2D eigenvalue weighted by Gasteiger charge is 2.33. The number of aryl methyl sites for hydroxylation is 1. The molecule has 30 heavy (non-hydrogen) atoms. The fourth-order valence-electron chi connectivity index (χ4n) is 2.94. The minimum atomic E-state index is -0.132. The van der Waals surface area contributed by atoms with Gasteiger partial charge in [0.1, 0.15) is 12.4 Å². The van der Waals surface area contributed by atoms with Crippen molar-refractivity contribution in [3.8, 4) is 5.75 Å². The van der Waals surface area contributed by atoms with Crippen LogP contribution in [0.4, 0.5) is 5.69 Å². The fraction of sp³-hybridized carbons (Fsp3) is 0.0833. The smallest absolute Gasteiger partial charge is 0.270 e. The van der Waals surface area contributed by atoms with Gasteiger partial charge in [0.05, 0.1) is 10.6 Å². The van der Waals surface area contributed by atoms with Crippen LogP contribution in [-0.2, 0) is 11.4 Å². The average molecular weight is 452 g/mol. The van der Waals surface area contributed by atoms with Crippen LogP contribution in [0.25, 0.3) is 6.08 Å². The van der Waals surface area contributed by atoms with Gasteiger partial charge in [-0.25, -0.2) is 0 Å². The van der Waals surface area contributed by atoms with Gasteiger partial charge in [0.25, 0.3) is 5.91 Å². The van der Waals surface area contributed by atoms with E-state index in [1.807, 2.05) is 30.3 Å². The number of anilines is 1. The summed E-state index contributed by atoms with van der Waals surface area (Å²) >= 11 is 12.6. The second kappa shape index (κ2) is 9.04. The van der Waals surface area contributed by atoms with Crippen molar-refractivity contribution >= 4 is 57.6 Å². The van der Waals surface area contributed by atoms with Crippen LogP contribution in [0.1, 0.15) is 16.7 Å². The van der Waals surface area contributed by atoms with Crippen LogP contribution in [0.2, 0.25) is 5.02 Å². The zero-order chi connectivity index (χ0) is 21.1. The largest absolute Gasteiger partial charge is 0.489 e. The van der Waals surface area contributed by atoms with Crippen molar-refractivity contribution in [2.45, 2.75) is 13.5 Å². The Kier molecular flexibility index (Phi) is 6.23. The maximum atomic E-state index is 12.8. The summed E-state index contributed by atoms with van der Waals surface area (Å²) in [7, 11) is 0. The number of hydrogen-bond acceptors (Lipinski definition) is 4. The summed E-state index contributed by atoms with van der Waals surface area (Å²) in [6.07, 6.45) is 1.85. The predicted octanol–water partition coefficient (Wildman–Crippen LogP) is 6.63. The molecule has 0 atom stereocenters. The van der Waals surface area contributed by atoms with Crippen molar-refractivity contribution in [3.63, 3.8) is 0 Å². The van der Waals surface area contributed by atoms with Crippen molar-refractivity contribution in [2.75, 3.05) is 4.90 Å². The summed E-state index contributed by atoms with van der Waals surface area (Å²) in [5.41, 5.74) is 3.97. The van der Waals surface area contributed by atoms with Gasteiger partial charge >= 0.3 is 0 Å². The first-order valence-electron chi connectivity index (χ1n) is 9.31. The summed E-state index contributed by atoms with van der Waals surface area (Å²) in [6, 6.07) is 23.0. The van der Waals surface area contributed by atoms with E-state index in [0.29, 0.717) is 26.5 Å². The van der Waals surface area contributed by atoms with Crippen molar-refractivity contribution in [3.05, 3.63) is 99.4 Å². The van der Waals surface area contributed by atoms with Crippen LogP contribution in [0.3, 0.4) is 0 Å². The first-order chi connectivity index (χ1) is 14.5. The van der Waals surface area contributed by atoms with E-state index < -0.39 is 0 Å². The van der Waals surface area contributed by atoms with Gasteiger partial charge in [0.15, 0.2) is 4.32 Å². The molecular weight excluding hydrogens is 434 g/mol. The zero-order valence-corrected chi connectivity index (χ0v) is 18.6. The Bertz CT molecular complexity index is 1110. The molecular formula is C24H18ClNO2S2. The maximum absolute atomic E-state index is 12.8. The molecule has 0 saturated carbocycles. The van der Waals surface area contributed by atoms with Crippen molar-refractivity contribution in [2.24, 2.45) is 0 Å². The first-order valence-corrected chi connectivity index (χ1v) is 10.9. The van der Waals surface area contributed by atoms with Gasteiger partial charge in [-0.3, -0.25) is 9.69 Å². The summed E-state index contributed by atoms with van der Waals surface area (Å²) in [4.78, 5) is 15.0. The number of benzene rings is 3. The number of amides is 1. The summed E-state index contributed by atoms with van der Waals surface area (Å²) in [5, 5.41) is 0.615. The van der Waals surface area contributed by atoms with E-state index >= 15 is 0 Å². The fourth-order valence-corrected chi connectivity index (χ4v) is 4.37. The molecule has 3 nitrogen and oxygen atoms in total. The lowest BCUT2D eigenvalue weighted by molar-refractivity contribution is -0.113. The third kappa shape index (κ3) is 4.75. The Labute approximate surface area is 190 Å². The number of nitrogens with zero attached hydrogens (tertiary/aromatic N) is 1. The van der Waals surface area contributed by atoms with E-state index in [2.05, 4.69) is 31.2 Å². The number of ether oxygens (including phenoxy) is 1. The van der Waals surface area contributed by atoms with E-state index in [0.717, 1.165) is 16.9 Å². The Morgan fingerprint density at radius 2 is 1.67 bits per heavy atom. The molecule has 3 aromatic rings. The minimum Gasteiger partial charge on any atom is -0.489 e. The third-order valence-electron chi connectivity index (χ3n) is 4.58. The first kappa shape index (κ1) is 20.7. The average Bonchev–Trinajstić information content (AvgIpc) is 3.02. The summed E-state index contributed by atoms with van der Waals surface area (Å²) in [5.74, 6) is 0.647. The van der Waals surface area contributed by atoms with Crippen LogP contribution >= 0.6 is 35.6 Å². The highest BCUT2D eigenvalue weighted by Crippen LogP contribution is 2.36. The van der Waals surface area contributed by atoms with Gasteiger partial charge in [-0.1, -0.05) is 77.5 Å². The second-order valence-electron chi connectivity index (χ2n) is 6.84. The van der Waals surface area contributed by atoms with Crippen LogP contribution in [-0.4, -0.2) is 10.2 Å². The summed E-state index contributed by atoms with van der Waals surface area (Å²) in [6.45, 7) is 2.58. The molecule has 0 aromatic heterocycles. The second-order valence-corrected chi connectivity index (χ2v) is 8.95. The molecule has 1 amide bonds. The molecule has 0 bridgehead atoms. The standard InChI is InChI=1S/C24H18ClNO2S2/c1-16-2-4-18(5-3-16)15-28-21-12-6-17(7-13-21)14-22-23(27)26(24(29)30-22)20-10-8-19(25)9-11-20/h2-14H,15H2,1H3. The normalized spacial score (nSPS) is 15.1. The lowest BCUT2D eigenvalue weighted by Crippen LogP contribution is -2.27. The van der Waals surface area contributed by atoms with E-state index in [-0.39, 0.29) is 5.91 Å². The molecule has 1 fully saturated rings. The number of carbonyl (C=O) groups excluding carboxylic acids is 1. The topological polar surface area (TPSA) is 29.5 Å². The zero-order valence-electron chi connectivity index (χ0n) is 16.2. The monoisotopic (exact) mass is 451 g/mol. The third-order valence-corrected chi connectivity index (χ3v) is 6.14. The lowest BCUT2D eigenvalue weighted by atomic mass is 10.1. The number of halogens is 1. The number of rotatable bonds is 5. The lowest BCUT2D eigenvalue weighted by Gasteiger charge is -2.14. The molecule has 0 N–H and O–H groups in total. The Morgan fingerprint density at radius 3 is 2.33 bits per heavy atom. The molecule has 0 unspecified atom stereocenters. The molecule has 150 valence electrons. The maximum Gasteiger partial charge on any atom is 0.270 e. The molecule has 0 radical (unpaired) electrons. The molecule has 6 heteroatoms. The van der Waals surface area contributed by atoms with Gasteiger partial charge in [-0.2, -0.15) is 0 Å². The number of carbonyl (C=O) groups is 1. The Morgan fingerprint density at radius 1 is 1.00 bits per heavy atom. The molecule has 1 aliphatic heterocycles. The SMILES string of the molecule is Cc1ccc(COc2ccc(C=C3SC(=S)N(c4ccc(Cl)cc4)C3=O)cc2)cc1. The molecule has 3 aromatic carbocycles. The quantitative estimate of drug-likeness (QED) is 0.321. The van der Waals surface area contributed by atoms with Gasteiger partial charge in [0.2, 0.25) is 0 Å². The van der Waals surface area contributed by atoms with E-state index in [1.165, 1.54) is 22.2 Å². The van der Waals surface area contributed by atoms with Gasteiger partial charge in [0, 0.05) is 5.02 Å². The molecule has 0 aliphatic carbocycles. The predicted molar refractivity (Wildman–Crippen MR) is 129 cm³/mol. The molecule has 0 spiro atoms. The van der Waals surface area contributed by atoms with E-state index in [4.69, 9.17) is 28.6 Å². The molecule has 1 aliphatic rings. The van der Waals surface area contributed by atoms with Gasteiger partial charge < -0.3 is 4.74 Å². The van der Waals surface area contributed by atoms with Gasteiger partial charge in [-0.15, -0.1) is 0 Å². The van der Waals surface area contributed by atoms with Crippen molar-refractivity contribution in [1.29, 1.82) is 0 Å². The van der Waals surface area contributed by atoms with Crippen molar-refractivity contribution in [1.82, 2.24) is 0 Å².